The van der Waals surface area contributed by atoms with Gasteiger partial charge in [-0.2, -0.15) is 0 Å². The molecule has 0 saturated heterocycles. The van der Waals surface area contributed by atoms with Gasteiger partial charge in [0.15, 0.2) is 0 Å². The molecule has 4 aromatic carbocycles. The van der Waals surface area contributed by atoms with Crippen LogP contribution in [-0.2, 0) is 13.2 Å². The van der Waals surface area contributed by atoms with E-state index in [2.05, 4.69) is 91.1 Å². The van der Waals surface area contributed by atoms with Gasteiger partial charge in [-0.25, -0.2) is 0 Å². The van der Waals surface area contributed by atoms with Gasteiger partial charge in [0.2, 0.25) is 0 Å². The van der Waals surface area contributed by atoms with E-state index in [1.54, 1.807) is 0 Å². The number of hydrogen-bond acceptors (Lipinski definition) is 2. The Labute approximate surface area is 160 Å². The fourth-order valence-electron chi connectivity index (χ4n) is 3.20. The number of fused-ring (bicyclic) bond motifs is 1. The molecule has 0 fully saturated rings. The smallest absolute Gasteiger partial charge is 0.120 e. The van der Waals surface area contributed by atoms with Gasteiger partial charge >= 0.3 is 0 Å². The first-order valence-electron chi connectivity index (χ1n) is 9.27. The first-order chi connectivity index (χ1) is 13.3. The number of nitrogens with one attached hydrogen (secondary N) is 1. The molecule has 0 aliphatic carbocycles. The number of rotatable bonds is 6. The van der Waals surface area contributed by atoms with Crippen LogP contribution in [0.5, 0.6) is 5.75 Å². The van der Waals surface area contributed by atoms with Gasteiger partial charge in [0.25, 0.3) is 0 Å². The van der Waals surface area contributed by atoms with E-state index in [1.165, 1.54) is 27.5 Å². The van der Waals surface area contributed by atoms with Crippen molar-refractivity contribution in [1.29, 1.82) is 0 Å². The van der Waals surface area contributed by atoms with Crippen molar-refractivity contribution in [2.45, 2.75) is 20.1 Å². The molecule has 1 N–H and O–H groups in total. The number of anilines is 1. The van der Waals surface area contributed by atoms with Gasteiger partial charge in [-0.05, 0) is 53.1 Å². The fraction of sp³-hybridized carbons (Fsp3) is 0.120. The predicted molar refractivity (Wildman–Crippen MR) is 113 cm³/mol. The summed E-state index contributed by atoms with van der Waals surface area (Å²) < 4.78 is 6.08. The van der Waals surface area contributed by atoms with Crippen molar-refractivity contribution < 1.29 is 4.74 Å². The summed E-state index contributed by atoms with van der Waals surface area (Å²) in [5.74, 6) is 0.895. The zero-order chi connectivity index (χ0) is 18.5. The Bertz CT molecular complexity index is 1030. The van der Waals surface area contributed by atoms with Gasteiger partial charge in [-0.3, -0.25) is 0 Å². The molecule has 0 heterocycles. The Kier molecular flexibility index (Phi) is 5.06. The van der Waals surface area contributed by atoms with Gasteiger partial charge in [0.05, 0.1) is 0 Å². The fourth-order valence-corrected chi connectivity index (χ4v) is 3.20. The van der Waals surface area contributed by atoms with E-state index in [-0.39, 0.29) is 0 Å². The van der Waals surface area contributed by atoms with Crippen LogP contribution in [0.3, 0.4) is 0 Å². The molecular weight excluding hydrogens is 330 g/mol. The van der Waals surface area contributed by atoms with Crippen molar-refractivity contribution >= 4 is 16.5 Å². The average molecular weight is 353 g/mol. The lowest BCUT2D eigenvalue weighted by molar-refractivity contribution is 0.307. The summed E-state index contributed by atoms with van der Waals surface area (Å²) in [6, 6.07) is 31.5. The minimum absolute atomic E-state index is 0.566. The molecule has 0 atom stereocenters. The number of ether oxygens (including phenoxy) is 1. The molecule has 0 radical (unpaired) electrons. The highest BCUT2D eigenvalue weighted by molar-refractivity contribution is 5.85. The second-order valence-corrected chi connectivity index (χ2v) is 6.79. The maximum absolute atomic E-state index is 6.08. The molecule has 4 aromatic rings. The molecule has 0 saturated carbocycles. The van der Waals surface area contributed by atoms with Crippen molar-refractivity contribution in [2.75, 3.05) is 5.32 Å². The number of benzene rings is 4. The van der Waals surface area contributed by atoms with Crippen LogP contribution in [0.25, 0.3) is 10.8 Å². The third-order valence-electron chi connectivity index (χ3n) is 4.72. The summed E-state index contributed by atoms with van der Waals surface area (Å²) in [6.07, 6.45) is 0. The molecule has 0 aromatic heterocycles. The molecule has 0 spiro atoms. The molecule has 27 heavy (non-hydrogen) atoms. The van der Waals surface area contributed by atoms with E-state index in [0.29, 0.717) is 6.61 Å². The lowest BCUT2D eigenvalue weighted by Crippen LogP contribution is -2.01. The Morgan fingerprint density at radius 3 is 2.44 bits per heavy atom. The Morgan fingerprint density at radius 1 is 0.778 bits per heavy atom. The highest BCUT2D eigenvalue weighted by atomic mass is 16.5. The Balaban J connectivity index is 1.42. The van der Waals surface area contributed by atoms with Gasteiger partial charge < -0.3 is 10.1 Å². The second kappa shape index (κ2) is 7.96. The molecule has 0 unspecified atom stereocenters. The lowest BCUT2D eigenvalue weighted by Gasteiger charge is -2.11. The van der Waals surface area contributed by atoms with Gasteiger partial charge in [0.1, 0.15) is 12.4 Å². The van der Waals surface area contributed by atoms with Gasteiger partial charge in [-0.1, -0.05) is 72.3 Å². The summed E-state index contributed by atoms with van der Waals surface area (Å²) in [5.41, 5.74) is 4.80. The van der Waals surface area contributed by atoms with E-state index in [4.69, 9.17) is 4.74 Å². The quantitative estimate of drug-likeness (QED) is 0.437. The standard InChI is InChI=1S/C25H23NO/c1-19-12-14-23(15-13-19)26-17-20-6-4-10-24(16-20)27-18-22-9-5-8-21-7-2-3-11-25(21)22/h2-16,26H,17-18H2,1H3. The normalized spacial score (nSPS) is 10.7. The van der Waals surface area contributed by atoms with Crippen LogP contribution in [0, 0.1) is 6.92 Å². The third-order valence-corrected chi connectivity index (χ3v) is 4.72. The molecule has 134 valence electrons. The molecule has 0 bridgehead atoms. The minimum Gasteiger partial charge on any atom is -0.489 e. The van der Waals surface area contributed by atoms with Crippen molar-refractivity contribution in [3.63, 3.8) is 0 Å². The molecule has 0 amide bonds. The topological polar surface area (TPSA) is 21.3 Å². The van der Waals surface area contributed by atoms with Crippen molar-refractivity contribution in [3.8, 4) is 5.75 Å². The van der Waals surface area contributed by atoms with Gasteiger partial charge in [0, 0.05) is 12.2 Å². The highest BCUT2D eigenvalue weighted by Crippen LogP contribution is 2.21. The Hall–Kier alpha value is -3.26. The summed E-state index contributed by atoms with van der Waals surface area (Å²) >= 11 is 0. The van der Waals surface area contributed by atoms with Gasteiger partial charge in [-0.15, -0.1) is 0 Å². The van der Waals surface area contributed by atoms with Crippen molar-refractivity contribution in [1.82, 2.24) is 0 Å². The van der Waals surface area contributed by atoms with Crippen molar-refractivity contribution in [2.24, 2.45) is 0 Å². The van der Waals surface area contributed by atoms with Crippen LogP contribution < -0.4 is 10.1 Å². The summed E-state index contributed by atoms with van der Waals surface area (Å²) in [4.78, 5) is 0. The SMILES string of the molecule is Cc1ccc(NCc2cccc(OCc3cccc4ccccc34)c2)cc1. The van der Waals surface area contributed by atoms with E-state index in [1.807, 2.05) is 12.1 Å². The van der Waals surface area contributed by atoms with E-state index in [0.717, 1.165) is 18.0 Å². The minimum atomic E-state index is 0.566. The highest BCUT2D eigenvalue weighted by Gasteiger charge is 2.03. The van der Waals surface area contributed by atoms with E-state index < -0.39 is 0 Å². The Morgan fingerprint density at radius 2 is 1.56 bits per heavy atom. The van der Waals surface area contributed by atoms with Crippen LogP contribution in [-0.4, -0.2) is 0 Å². The first kappa shape index (κ1) is 17.2. The second-order valence-electron chi connectivity index (χ2n) is 6.79. The van der Waals surface area contributed by atoms with E-state index in [9.17, 15) is 0 Å². The van der Waals surface area contributed by atoms with Crippen LogP contribution in [0.1, 0.15) is 16.7 Å². The number of aryl methyl sites for hydroxylation is 1. The third kappa shape index (κ3) is 4.29. The molecule has 2 heteroatoms. The van der Waals surface area contributed by atoms with Crippen LogP contribution in [0.15, 0.2) is 91.0 Å². The average Bonchev–Trinajstić information content (AvgIpc) is 2.72. The maximum Gasteiger partial charge on any atom is 0.120 e. The molecule has 0 aliphatic rings. The first-order valence-corrected chi connectivity index (χ1v) is 9.27. The van der Waals surface area contributed by atoms with Crippen LogP contribution >= 0.6 is 0 Å². The summed E-state index contributed by atoms with van der Waals surface area (Å²) in [6.45, 7) is 3.44. The van der Waals surface area contributed by atoms with E-state index >= 15 is 0 Å². The monoisotopic (exact) mass is 353 g/mol. The summed E-state index contributed by atoms with van der Waals surface area (Å²) in [7, 11) is 0. The summed E-state index contributed by atoms with van der Waals surface area (Å²) in [5, 5.41) is 5.95. The molecule has 0 aliphatic heterocycles. The number of hydrogen-bond donors (Lipinski definition) is 1. The van der Waals surface area contributed by atoms with Crippen LogP contribution in [0.2, 0.25) is 0 Å². The zero-order valence-corrected chi connectivity index (χ0v) is 15.5. The lowest BCUT2D eigenvalue weighted by atomic mass is 10.1. The van der Waals surface area contributed by atoms with Crippen molar-refractivity contribution in [3.05, 3.63) is 108 Å². The van der Waals surface area contributed by atoms with Crippen LogP contribution in [0.4, 0.5) is 5.69 Å². The molecular formula is C25H23NO. The largest absolute Gasteiger partial charge is 0.489 e. The maximum atomic E-state index is 6.08. The predicted octanol–water partition coefficient (Wildman–Crippen LogP) is 6.34. The molecule has 4 rings (SSSR count). The zero-order valence-electron chi connectivity index (χ0n) is 15.5. The molecule has 2 nitrogen and oxygen atoms in total.